The van der Waals surface area contributed by atoms with Crippen LogP contribution >= 0.6 is 15.9 Å². The second kappa shape index (κ2) is 5.96. The molecule has 1 aromatic carbocycles. The lowest BCUT2D eigenvalue weighted by Gasteiger charge is -2.18. The van der Waals surface area contributed by atoms with Crippen molar-refractivity contribution in [3.05, 3.63) is 34.3 Å². The van der Waals surface area contributed by atoms with Crippen molar-refractivity contribution in [2.24, 2.45) is 5.73 Å². The number of nitrogens with zero attached hydrogens (tertiary/aromatic N) is 1. The first-order valence-electron chi connectivity index (χ1n) is 6.06. The molecule has 3 nitrogen and oxygen atoms in total. The molecular formula is C13H19BrN2O. The highest BCUT2D eigenvalue weighted by atomic mass is 79.9. The molecule has 1 aromatic rings. The summed E-state index contributed by atoms with van der Waals surface area (Å²) in [4.78, 5) is 2.28. The van der Waals surface area contributed by atoms with Crippen LogP contribution in [0.15, 0.2) is 28.7 Å². The molecule has 1 heterocycles. The van der Waals surface area contributed by atoms with E-state index in [1.54, 1.807) is 0 Å². The van der Waals surface area contributed by atoms with E-state index in [0.29, 0.717) is 0 Å². The van der Waals surface area contributed by atoms with Crippen LogP contribution in [0.4, 0.5) is 0 Å². The van der Waals surface area contributed by atoms with Gasteiger partial charge in [0.2, 0.25) is 0 Å². The summed E-state index contributed by atoms with van der Waals surface area (Å²) in [7, 11) is 0. The number of nitrogens with two attached hydrogens (primary N) is 1. The first-order chi connectivity index (χ1) is 8.15. The number of aliphatic hydroxyl groups excluding tert-OH is 1. The van der Waals surface area contributed by atoms with E-state index in [9.17, 15) is 5.11 Å². The van der Waals surface area contributed by atoms with Gasteiger partial charge in [0, 0.05) is 30.1 Å². The molecule has 0 amide bonds. The average molecular weight is 299 g/mol. The summed E-state index contributed by atoms with van der Waals surface area (Å²) in [5.74, 6) is 0. The van der Waals surface area contributed by atoms with E-state index in [4.69, 9.17) is 5.73 Å². The summed E-state index contributed by atoms with van der Waals surface area (Å²) in [6, 6.07) is 8.26. The van der Waals surface area contributed by atoms with Gasteiger partial charge in [0.05, 0.1) is 6.10 Å². The normalized spacial score (nSPS) is 22.9. The third-order valence-corrected chi connectivity index (χ3v) is 3.83. The minimum absolute atomic E-state index is 0.0841. The van der Waals surface area contributed by atoms with Crippen molar-refractivity contribution in [3.63, 3.8) is 0 Å². The van der Waals surface area contributed by atoms with Crippen LogP contribution in [0.3, 0.4) is 0 Å². The fourth-order valence-corrected chi connectivity index (χ4v) is 2.48. The molecule has 0 aliphatic carbocycles. The number of rotatable bonds is 4. The Hall–Kier alpha value is -0.420. The maximum absolute atomic E-state index is 9.43. The molecule has 2 atom stereocenters. The zero-order valence-electron chi connectivity index (χ0n) is 9.85. The monoisotopic (exact) mass is 298 g/mol. The number of aliphatic hydroxyl groups is 1. The highest BCUT2D eigenvalue weighted by Gasteiger charge is 2.20. The Kier molecular flexibility index (Phi) is 4.56. The molecule has 1 aliphatic heterocycles. The van der Waals surface area contributed by atoms with Crippen LogP contribution in [0.2, 0.25) is 0 Å². The third-order valence-electron chi connectivity index (χ3n) is 3.30. The number of benzene rings is 1. The van der Waals surface area contributed by atoms with Crippen LogP contribution in [0.5, 0.6) is 0 Å². The maximum Gasteiger partial charge on any atom is 0.0679 e. The van der Waals surface area contributed by atoms with E-state index < -0.39 is 0 Å². The summed E-state index contributed by atoms with van der Waals surface area (Å²) < 4.78 is 1.08. The molecule has 94 valence electrons. The Morgan fingerprint density at radius 2 is 2.12 bits per heavy atom. The minimum atomic E-state index is -0.140. The predicted octanol–water partition coefficient (Wildman–Crippen LogP) is 1.91. The minimum Gasteiger partial charge on any atom is -0.392 e. The van der Waals surface area contributed by atoms with Crippen LogP contribution in [-0.4, -0.2) is 35.7 Å². The molecule has 3 N–H and O–H groups in total. The smallest absolute Gasteiger partial charge is 0.0679 e. The standard InChI is InChI=1S/C13H19BrN2O/c14-11-3-1-10(2-4-11)13(15)6-8-16-7-5-12(17)9-16/h1-4,12-13,17H,5-9,15H2. The van der Waals surface area contributed by atoms with Gasteiger partial charge in [-0.2, -0.15) is 0 Å². The van der Waals surface area contributed by atoms with Crippen molar-refractivity contribution in [1.82, 2.24) is 4.90 Å². The quantitative estimate of drug-likeness (QED) is 0.893. The molecule has 0 radical (unpaired) electrons. The third kappa shape index (κ3) is 3.78. The lowest BCUT2D eigenvalue weighted by molar-refractivity contribution is 0.175. The van der Waals surface area contributed by atoms with E-state index >= 15 is 0 Å². The summed E-state index contributed by atoms with van der Waals surface area (Å²) in [5.41, 5.74) is 7.33. The van der Waals surface area contributed by atoms with Crippen molar-refractivity contribution in [2.45, 2.75) is 25.0 Å². The van der Waals surface area contributed by atoms with E-state index in [2.05, 4.69) is 33.0 Å². The van der Waals surface area contributed by atoms with Gasteiger partial charge < -0.3 is 15.7 Å². The Morgan fingerprint density at radius 3 is 2.71 bits per heavy atom. The molecule has 4 heteroatoms. The molecular weight excluding hydrogens is 280 g/mol. The van der Waals surface area contributed by atoms with Crippen molar-refractivity contribution in [3.8, 4) is 0 Å². The molecule has 0 saturated carbocycles. The van der Waals surface area contributed by atoms with Crippen molar-refractivity contribution in [1.29, 1.82) is 0 Å². The average Bonchev–Trinajstić information content (AvgIpc) is 2.73. The van der Waals surface area contributed by atoms with Gasteiger partial charge in [-0.3, -0.25) is 0 Å². The van der Waals surface area contributed by atoms with Gasteiger partial charge in [-0.05, 0) is 30.5 Å². The fraction of sp³-hybridized carbons (Fsp3) is 0.538. The zero-order valence-corrected chi connectivity index (χ0v) is 11.4. The molecule has 2 rings (SSSR count). The van der Waals surface area contributed by atoms with Crippen LogP contribution in [-0.2, 0) is 0 Å². The molecule has 1 aliphatic rings. The Morgan fingerprint density at radius 1 is 1.41 bits per heavy atom. The molecule has 0 aromatic heterocycles. The van der Waals surface area contributed by atoms with Crippen LogP contribution in [0.25, 0.3) is 0 Å². The lowest BCUT2D eigenvalue weighted by Crippen LogP contribution is -2.26. The van der Waals surface area contributed by atoms with E-state index in [0.717, 1.165) is 36.9 Å². The topological polar surface area (TPSA) is 49.5 Å². The van der Waals surface area contributed by atoms with Crippen LogP contribution in [0.1, 0.15) is 24.4 Å². The van der Waals surface area contributed by atoms with Gasteiger partial charge in [0.25, 0.3) is 0 Å². The van der Waals surface area contributed by atoms with E-state index in [1.807, 2.05) is 12.1 Å². The summed E-state index contributed by atoms with van der Waals surface area (Å²) in [5, 5.41) is 9.43. The SMILES string of the molecule is NC(CCN1CCC(O)C1)c1ccc(Br)cc1. The highest BCUT2D eigenvalue weighted by Crippen LogP contribution is 2.19. The number of β-amino-alcohol motifs (C(OH)–C–C–N with tert-alkyl or cyclic N) is 1. The second-order valence-electron chi connectivity index (χ2n) is 4.69. The summed E-state index contributed by atoms with van der Waals surface area (Å²) in [6.07, 6.45) is 1.70. The fourth-order valence-electron chi connectivity index (χ4n) is 2.21. The number of hydrogen-bond acceptors (Lipinski definition) is 3. The second-order valence-corrected chi connectivity index (χ2v) is 5.61. The first kappa shape index (κ1) is 13.0. The summed E-state index contributed by atoms with van der Waals surface area (Å²) >= 11 is 3.42. The van der Waals surface area contributed by atoms with Crippen molar-refractivity contribution >= 4 is 15.9 Å². The summed E-state index contributed by atoms with van der Waals surface area (Å²) in [6.45, 7) is 2.76. The molecule has 2 unspecified atom stereocenters. The predicted molar refractivity (Wildman–Crippen MR) is 72.8 cm³/mol. The molecule has 1 fully saturated rings. The Bertz CT molecular complexity index is 355. The van der Waals surface area contributed by atoms with Crippen molar-refractivity contribution < 1.29 is 5.11 Å². The van der Waals surface area contributed by atoms with Gasteiger partial charge in [-0.25, -0.2) is 0 Å². The van der Waals surface area contributed by atoms with Gasteiger partial charge in [-0.15, -0.1) is 0 Å². The van der Waals surface area contributed by atoms with E-state index in [1.165, 1.54) is 5.56 Å². The van der Waals surface area contributed by atoms with E-state index in [-0.39, 0.29) is 12.1 Å². The van der Waals surface area contributed by atoms with Crippen molar-refractivity contribution in [2.75, 3.05) is 19.6 Å². The zero-order chi connectivity index (χ0) is 12.3. The van der Waals surface area contributed by atoms with Gasteiger partial charge in [0.1, 0.15) is 0 Å². The molecule has 0 bridgehead atoms. The number of halogens is 1. The lowest BCUT2D eigenvalue weighted by atomic mass is 10.0. The largest absolute Gasteiger partial charge is 0.392 e. The first-order valence-corrected chi connectivity index (χ1v) is 6.86. The Balaban J connectivity index is 1.81. The molecule has 1 saturated heterocycles. The van der Waals surface area contributed by atoms with Crippen LogP contribution in [0, 0.1) is 0 Å². The molecule has 17 heavy (non-hydrogen) atoms. The van der Waals surface area contributed by atoms with Gasteiger partial charge in [-0.1, -0.05) is 28.1 Å². The van der Waals surface area contributed by atoms with Gasteiger partial charge in [0.15, 0.2) is 0 Å². The maximum atomic E-state index is 9.43. The number of likely N-dealkylation sites (tertiary alicyclic amines) is 1. The number of hydrogen-bond donors (Lipinski definition) is 2. The Labute approximate surface area is 111 Å². The highest BCUT2D eigenvalue weighted by molar-refractivity contribution is 9.10. The van der Waals surface area contributed by atoms with Gasteiger partial charge >= 0.3 is 0 Å². The van der Waals surface area contributed by atoms with Crippen LogP contribution < -0.4 is 5.73 Å². The molecule has 0 spiro atoms.